The zero-order chi connectivity index (χ0) is 46.9. The first-order valence-corrected chi connectivity index (χ1v) is 21.0. The molecule has 4 amide bonds. The number of hydrogen-bond donors (Lipinski definition) is 4. The van der Waals surface area contributed by atoms with E-state index in [1.807, 2.05) is 5.32 Å². The largest absolute Gasteiger partial charge is 0.481 e. The number of fused-ring (bicyclic) bond motifs is 1. The van der Waals surface area contributed by atoms with Crippen LogP contribution in [-0.2, 0) is 45.3 Å². The second-order valence-electron chi connectivity index (χ2n) is 11.2. The number of alkyl halides is 3. The molecular formula is C33H40F3N11O15S3. The highest BCUT2D eigenvalue weighted by atomic mass is 32.2. The molecule has 0 saturated carbocycles. The summed E-state index contributed by atoms with van der Waals surface area (Å²) >= 11 is 0. The summed E-state index contributed by atoms with van der Waals surface area (Å²) in [5.41, 5.74) is -2.43. The number of halogens is 3. The van der Waals surface area contributed by atoms with Crippen LogP contribution >= 0.6 is 0 Å². The maximum atomic E-state index is 13.0. The standard InChI is InChI=1S/C16H18N6O8S2.C15H14F3N5O7S.2CH4/c1-4-30-32(26,27)13-14(22-8-6-5-7-10(22)17-13)31(24,25)21-16(23)20-15-18-11(28-2)9-12(19-15)29-3;1-28-9-6-10(29-2)21-13(20-9)22-14(25)23-31(26,27)11-7(12(24)30-3)4-5-8(19-11)15(16,17)18;;/h5-9H,4H2,1-3H3,(H2,18,19,20,21,23);4-6H,1-3H3,(H2,20,21,22,23,25);2*1H4. The lowest BCUT2D eigenvalue weighted by Gasteiger charge is -2.13. The number of imidazole rings is 1. The number of hydrogen-bond acceptors (Lipinski definition) is 21. The van der Waals surface area contributed by atoms with Gasteiger partial charge in [-0.25, -0.2) is 33.8 Å². The predicted molar refractivity (Wildman–Crippen MR) is 217 cm³/mol. The summed E-state index contributed by atoms with van der Waals surface area (Å²) in [5.74, 6) is -2.06. The van der Waals surface area contributed by atoms with E-state index in [4.69, 9.17) is 18.9 Å². The van der Waals surface area contributed by atoms with Crippen molar-refractivity contribution in [3.63, 3.8) is 0 Å². The smallest absolute Gasteiger partial charge is 0.433 e. The van der Waals surface area contributed by atoms with Gasteiger partial charge >= 0.3 is 34.3 Å². The average molecular weight is 984 g/mol. The van der Waals surface area contributed by atoms with Crippen LogP contribution in [0.4, 0.5) is 34.7 Å². The van der Waals surface area contributed by atoms with E-state index in [-0.39, 0.29) is 56.6 Å². The predicted octanol–water partition coefficient (Wildman–Crippen LogP) is 2.85. The fraction of sp³-hybridized carbons (Fsp3) is 0.303. The van der Waals surface area contributed by atoms with Crippen molar-refractivity contribution in [1.29, 1.82) is 0 Å². The maximum Gasteiger partial charge on any atom is 0.433 e. The molecule has 4 N–H and O–H groups in total. The van der Waals surface area contributed by atoms with Gasteiger partial charge in [-0.1, -0.05) is 20.9 Å². The number of rotatable bonds is 14. The van der Waals surface area contributed by atoms with Gasteiger partial charge in [0.1, 0.15) is 11.3 Å². The van der Waals surface area contributed by atoms with Gasteiger partial charge in [0.05, 0.1) is 59.9 Å². The number of methoxy groups -OCH3 is 5. The summed E-state index contributed by atoms with van der Waals surface area (Å²) in [4.78, 5) is 58.2. The Morgan fingerprint density at radius 2 is 1.14 bits per heavy atom. The number of urea groups is 2. The molecule has 0 aliphatic heterocycles. The van der Waals surface area contributed by atoms with E-state index in [0.29, 0.717) is 12.1 Å². The minimum atomic E-state index is -5.07. The maximum absolute atomic E-state index is 13.0. The minimum Gasteiger partial charge on any atom is -0.481 e. The highest BCUT2D eigenvalue weighted by Gasteiger charge is 2.37. The molecule has 356 valence electrons. The van der Waals surface area contributed by atoms with Crippen LogP contribution in [0.3, 0.4) is 0 Å². The summed E-state index contributed by atoms with van der Waals surface area (Å²) in [7, 11) is -8.35. The Bertz CT molecular complexity index is 2820. The SMILES string of the molecule is C.C.CCOS(=O)(=O)c1nc2ccccn2c1S(=O)(=O)NC(=O)Nc1nc(OC)cc(OC)n1.COC(=O)c1ccc(C(F)(F)F)nc1S(=O)(=O)NC(=O)Nc1nc(OC)cc(OC)n1. The number of esters is 1. The van der Waals surface area contributed by atoms with Gasteiger partial charge < -0.3 is 23.7 Å². The number of ether oxygens (including phenoxy) is 5. The van der Waals surface area contributed by atoms with Gasteiger partial charge in [-0.3, -0.25) is 19.2 Å². The molecule has 0 radical (unpaired) electrons. The third-order valence-corrected chi connectivity index (χ3v) is 11.2. The van der Waals surface area contributed by atoms with Gasteiger partial charge in [-0.2, -0.15) is 58.4 Å². The molecule has 26 nitrogen and oxygen atoms in total. The van der Waals surface area contributed by atoms with Crippen molar-refractivity contribution in [2.45, 2.75) is 43.0 Å². The molecule has 0 aliphatic carbocycles. The van der Waals surface area contributed by atoms with E-state index in [0.717, 1.165) is 11.5 Å². The molecule has 5 aromatic heterocycles. The van der Waals surface area contributed by atoms with Crippen LogP contribution in [0.5, 0.6) is 23.5 Å². The molecule has 0 unspecified atom stereocenters. The summed E-state index contributed by atoms with van der Waals surface area (Å²) < 4.78 is 147. The number of pyridine rings is 2. The zero-order valence-electron chi connectivity index (χ0n) is 32.9. The molecule has 0 aromatic carbocycles. The molecule has 32 heteroatoms. The molecule has 5 heterocycles. The first-order valence-electron chi connectivity index (χ1n) is 16.7. The summed E-state index contributed by atoms with van der Waals surface area (Å²) in [6, 6.07) is 5.19. The Balaban J connectivity index is 0.000000434. The summed E-state index contributed by atoms with van der Waals surface area (Å²) in [5, 5.41) is 1.02. The van der Waals surface area contributed by atoms with Gasteiger partial charge in [0.15, 0.2) is 5.03 Å². The van der Waals surface area contributed by atoms with Crippen LogP contribution < -0.4 is 39.0 Å². The van der Waals surface area contributed by atoms with E-state index >= 15 is 0 Å². The van der Waals surface area contributed by atoms with E-state index in [1.54, 1.807) is 4.72 Å². The van der Waals surface area contributed by atoms with Crippen molar-refractivity contribution in [3.05, 3.63) is 59.9 Å². The Labute approximate surface area is 368 Å². The van der Waals surface area contributed by atoms with E-state index < -0.39 is 86.7 Å². The second kappa shape index (κ2) is 21.9. The molecule has 0 bridgehead atoms. The number of anilines is 2. The molecule has 0 aliphatic rings. The average Bonchev–Trinajstić information content (AvgIpc) is 3.64. The van der Waals surface area contributed by atoms with Crippen molar-refractivity contribution in [2.24, 2.45) is 0 Å². The molecular weight excluding hydrogens is 944 g/mol. The molecule has 0 spiro atoms. The lowest BCUT2D eigenvalue weighted by Crippen LogP contribution is -2.36. The van der Waals surface area contributed by atoms with Gasteiger partial charge in [-0.05, 0) is 31.2 Å². The minimum absolute atomic E-state index is 0. The van der Waals surface area contributed by atoms with Gasteiger partial charge in [-0.15, -0.1) is 0 Å². The number of carbonyl (C=O) groups excluding carboxylic acids is 3. The van der Waals surface area contributed by atoms with Crippen molar-refractivity contribution >= 4 is 65.7 Å². The Kier molecular flexibility index (Phi) is 18.2. The molecule has 0 saturated heterocycles. The number of nitrogens with one attached hydrogen (secondary N) is 4. The normalized spacial score (nSPS) is 11.3. The van der Waals surface area contributed by atoms with Crippen LogP contribution in [0.25, 0.3) is 5.65 Å². The Morgan fingerprint density at radius 3 is 1.57 bits per heavy atom. The number of aromatic nitrogens is 7. The third kappa shape index (κ3) is 13.4. The first kappa shape index (κ1) is 53.9. The second-order valence-corrected chi connectivity index (χ2v) is 15.9. The number of sulfonamides is 2. The number of nitrogens with zero attached hydrogens (tertiary/aromatic N) is 7. The van der Waals surface area contributed by atoms with E-state index in [1.165, 1.54) is 76.6 Å². The third-order valence-electron chi connectivity index (χ3n) is 7.13. The lowest BCUT2D eigenvalue weighted by atomic mass is 10.2. The lowest BCUT2D eigenvalue weighted by molar-refractivity contribution is -0.141. The van der Waals surface area contributed by atoms with E-state index in [2.05, 4.69) is 44.1 Å². The first-order chi connectivity index (χ1) is 29.5. The van der Waals surface area contributed by atoms with Crippen molar-refractivity contribution in [2.75, 3.05) is 52.8 Å². The van der Waals surface area contributed by atoms with Crippen LogP contribution in [0.1, 0.15) is 37.8 Å². The van der Waals surface area contributed by atoms with Gasteiger partial charge in [0.25, 0.3) is 20.0 Å². The zero-order valence-corrected chi connectivity index (χ0v) is 35.4. The molecule has 5 aromatic rings. The van der Waals surface area contributed by atoms with Gasteiger partial charge in [0.2, 0.25) is 45.5 Å². The highest BCUT2D eigenvalue weighted by molar-refractivity contribution is 7.92. The molecule has 0 atom stereocenters. The molecule has 5 rings (SSSR count). The monoisotopic (exact) mass is 983 g/mol. The fourth-order valence-corrected chi connectivity index (χ4v) is 8.28. The number of carbonyl (C=O) groups is 3. The number of amides is 4. The van der Waals surface area contributed by atoms with Crippen molar-refractivity contribution < 1.29 is 80.7 Å². The summed E-state index contributed by atoms with van der Waals surface area (Å²) in [6.45, 7) is 1.16. The fourth-order valence-electron chi connectivity index (χ4n) is 4.57. The van der Waals surface area contributed by atoms with Crippen LogP contribution in [0.15, 0.2) is 63.7 Å². The topological polar surface area (TPSA) is 339 Å². The van der Waals surface area contributed by atoms with E-state index in [9.17, 15) is 52.8 Å². The Hall–Kier alpha value is -7.19. The van der Waals surface area contributed by atoms with Crippen LogP contribution in [-0.4, -0.2) is 120 Å². The molecule has 0 fully saturated rings. The summed E-state index contributed by atoms with van der Waals surface area (Å²) in [6.07, 6.45) is -3.75. The van der Waals surface area contributed by atoms with Gasteiger partial charge in [0, 0.05) is 6.20 Å². The van der Waals surface area contributed by atoms with Crippen molar-refractivity contribution in [1.82, 2.24) is 43.7 Å². The molecule has 65 heavy (non-hydrogen) atoms. The highest BCUT2D eigenvalue weighted by Crippen LogP contribution is 2.30. The Morgan fingerprint density at radius 1 is 0.662 bits per heavy atom. The van der Waals surface area contributed by atoms with Crippen LogP contribution in [0.2, 0.25) is 0 Å². The van der Waals surface area contributed by atoms with Crippen molar-refractivity contribution in [3.8, 4) is 23.5 Å². The van der Waals surface area contributed by atoms with Crippen LogP contribution in [0, 0.1) is 0 Å². The quantitative estimate of drug-likeness (QED) is 0.0918.